The highest BCUT2D eigenvalue weighted by molar-refractivity contribution is 5.95. The largest absolute Gasteiger partial charge is 0.491 e. The lowest BCUT2D eigenvalue weighted by Gasteiger charge is -2.35. The van der Waals surface area contributed by atoms with Crippen LogP contribution < -0.4 is 9.47 Å². The van der Waals surface area contributed by atoms with Gasteiger partial charge in [0.25, 0.3) is 0 Å². The minimum absolute atomic E-state index is 0.220. The van der Waals surface area contributed by atoms with E-state index in [1.165, 1.54) is 44.2 Å². The molecule has 2 unspecified atom stereocenters. The van der Waals surface area contributed by atoms with Crippen molar-refractivity contribution in [3.63, 3.8) is 0 Å². The van der Waals surface area contributed by atoms with Crippen molar-refractivity contribution in [3.8, 4) is 22.6 Å². The molecular formula is C37H32O4. The van der Waals surface area contributed by atoms with Gasteiger partial charge in [-0.2, -0.15) is 0 Å². The Hall–Kier alpha value is -4.12. The average Bonchev–Trinajstić information content (AvgIpc) is 3.93. The molecule has 41 heavy (non-hydrogen) atoms. The molecule has 2 heterocycles. The van der Waals surface area contributed by atoms with E-state index in [9.17, 15) is 0 Å². The molecule has 5 aromatic carbocycles. The highest BCUT2D eigenvalue weighted by atomic mass is 16.6. The molecule has 1 aliphatic carbocycles. The molecule has 204 valence electrons. The van der Waals surface area contributed by atoms with Crippen molar-refractivity contribution in [1.82, 2.24) is 0 Å². The zero-order valence-corrected chi connectivity index (χ0v) is 23.4. The molecule has 0 saturated carbocycles. The lowest BCUT2D eigenvalue weighted by Crippen LogP contribution is -2.29. The molecular weight excluding hydrogens is 508 g/mol. The van der Waals surface area contributed by atoms with Crippen molar-refractivity contribution in [2.45, 2.75) is 31.5 Å². The molecule has 2 aliphatic heterocycles. The normalized spacial score (nSPS) is 21.8. The van der Waals surface area contributed by atoms with Crippen LogP contribution in [0.5, 0.6) is 11.5 Å². The van der Waals surface area contributed by atoms with Crippen molar-refractivity contribution in [3.05, 3.63) is 130 Å². The summed E-state index contributed by atoms with van der Waals surface area (Å²) in [5, 5.41) is 2.49. The zero-order valence-electron chi connectivity index (χ0n) is 23.4. The lowest BCUT2D eigenvalue weighted by atomic mass is 9.67. The second-order valence-electron chi connectivity index (χ2n) is 11.5. The lowest BCUT2D eigenvalue weighted by molar-refractivity contribution is 0.261. The van der Waals surface area contributed by atoms with Crippen LogP contribution in [0.15, 0.2) is 97.1 Å². The summed E-state index contributed by atoms with van der Waals surface area (Å²) in [5.74, 6) is 1.82. The highest BCUT2D eigenvalue weighted by Crippen LogP contribution is 2.57. The third kappa shape index (κ3) is 4.13. The SMILES string of the molecule is Cc1cc(C2(c3ccc(OCC4CO4)c(C)c3)c3ccccc3-c3cc4ccccc4cc32)ccc1OCC1CO1. The molecule has 0 bridgehead atoms. The van der Waals surface area contributed by atoms with E-state index in [0.29, 0.717) is 13.2 Å². The van der Waals surface area contributed by atoms with Crippen LogP contribution in [0.25, 0.3) is 21.9 Å². The van der Waals surface area contributed by atoms with E-state index in [-0.39, 0.29) is 12.2 Å². The number of fused-ring (bicyclic) bond motifs is 4. The summed E-state index contributed by atoms with van der Waals surface area (Å²) in [5.41, 5.74) is 9.36. The summed E-state index contributed by atoms with van der Waals surface area (Å²) in [6.45, 7) is 7.04. The van der Waals surface area contributed by atoms with Crippen LogP contribution in [0.2, 0.25) is 0 Å². The predicted molar refractivity (Wildman–Crippen MR) is 161 cm³/mol. The van der Waals surface area contributed by atoms with E-state index in [0.717, 1.165) is 35.8 Å². The Morgan fingerprint density at radius 3 is 1.71 bits per heavy atom. The third-order valence-electron chi connectivity index (χ3n) is 8.78. The highest BCUT2D eigenvalue weighted by Gasteiger charge is 2.46. The van der Waals surface area contributed by atoms with E-state index in [1.54, 1.807) is 0 Å². The average molecular weight is 541 g/mol. The fourth-order valence-electron chi connectivity index (χ4n) is 6.54. The summed E-state index contributed by atoms with van der Waals surface area (Å²) in [4.78, 5) is 0. The Bertz CT molecular complexity index is 1730. The van der Waals surface area contributed by atoms with Gasteiger partial charge >= 0.3 is 0 Å². The zero-order chi connectivity index (χ0) is 27.6. The van der Waals surface area contributed by atoms with E-state index in [1.807, 2.05) is 0 Å². The first-order valence-electron chi connectivity index (χ1n) is 14.5. The van der Waals surface area contributed by atoms with Crippen LogP contribution in [0.3, 0.4) is 0 Å². The molecule has 0 N–H and O–H groups in total. The van der Waals surface area contributed by atoms with Gasteiger partial charge in [-0.3, -0.25) is 0 Å². The van der Waals surface area contributed by atoms with E-state index < -0.39 is 5.41 Å². The Kier molecular flexibility index (Phi) is 5.70. The molecule has 0 radical (unpaired) electrons. The Balaban J connectivity index is 1.36. The maximum absolute atomic E-state index is 6.15. The number of benzene rings is 5. The van der Waals surface area contributed by atoms with Crippen LogP contribution in [-0.4, -0.2) is 38.6 Å². The standard InChI is InChI=1S/C37H32O4/c1-23-15-27(11-13-35(23)40-21-29-19-38-29)37(28-12-14-36(24(2)16-28)41-22-30-20-39-30)33-10-6-5-9-31(33)32-17-25-7-3-4-8-26(25)18-34(32)37/h3-18,29-30H,19-22H2,1-2H3. The fraction of sp³-hybridized carbons (Fsp3) is 0.243. The molecule has 5 aromatic rings. The van der Waals surface area contributed by atoms with Crippen LogP contribution in [0.4, 0.5) is 0 Å². The van der Waals surface area contributed by atoms with Crippen molar-refractivity contribution in [2.75, 3.05) is 26.4 Å². The van der Waals surface area contributed by atoms with E-state index >= 15 is 0 Å². The molecule has 0 spiro atoms. The van der Waals surface area contributed by atoms with Gasteiger partial charge in [-0.25, -0.2) is 0 Å². The van der Waals surface area contributed by atoms with Gasteiger partial charge in [0.1, 0.15) is 36.9 Å². The molecule has 4 heteroatoms. The summed E-state index contributed by atoms with van der Waals surface area (Å²) in [7, 11) is 0. The van der Waals surface area contributed by atoms with Crippen LogP contribution in [0.1, 0.15) is 33.4 Å². The third-order valence-corrected chi connectivity index (χ3v) is 8.78. The smallest absolute Gasteiger partial charge is 0.122 e. The summed E-state index contributed by atoms with van der Waals surface area (Å²) < 4.78 is 23.0. The van der Waals surface area contributed by atoms with Crippen molar-refractivity contribution in [2.24, 2.45) is 0 Å². The second-order valence-corrected chi connectivity index (χ2v) is 11.5. The number of hydrogen-bond acceptors (Lipinski definition) is 4. The van der Waals surface area contributed by atoms with Crippen LogP contribution >= 0.6 is 0 Å². The van der Waals surface area contributed by atoms with Gasteiger partial charge in [-0.1, -0.05) is 72.8 Å². The molecule has 0 aromatic heterocycles. The topological polar surface area (TPSA) is 43.5 Å². The molecule has 0 amide bonds. The summed E-state index contributed by atoms with van der Waals surface area (Å²) in [6, 6.07) is 35.7. The Labute approximate surface area is 240 Å². The first-order valence-corrected chi connectivity index (χ1v) is 14.5. The number of epoxide rings is 2. The van der Waals surface area contributed by atoms with Gasteiger partial charge < -0.3 is 18.9 Å². The summed E-state index contributed by atoms with van der Waals surface area (Å²) >= 11 is 0. The number of ether oxygens (including phenoxy) is 4. The Morgan fingerprint density at radius 2 is 1.15 bits per heavy atom. The quantitative estimate of drug-likeness (QED) is 0.189. The minimum atomic E-state index is -0.498. The Morgan fingerprint density at radius 1 is 0.610 bits per heavy atom. The van der Waals surface area contributed by atoms with Gasteiger partial charge in [-0.15, -0.1) is 0 Å². The van der Waals surface area contributed by atoms with Crippen LogP contribution in [-0.2, 0) is 14.9 Å². The minimum Gasteiger partial charge on any atom is -0.491 e. The first kappa shape index (κ1) is 24.7. The number of hydrogen-bond donors (Lipinski definition) is 0. The van der Waals surface area contributed by atoms with Gasteiger partial charge in [0, 0.05) is 0 Å². The number of rotatable bonds is 8. The van der Waals surface area contributed by atoms with Gasteiger partial charge in [0.2, 0.25) is 0 Å². The van der Waals surface area contributed by atoms with Gasteiger partial charge in [0.15, 0.2) is 0 Å². The van der Waals surface area contributed by atoms with E-state index in [4.69, 9.17) is 18.9 Å². The molecule has 3 aliphatic rings. The molecule has 2 fully saturated rings. The first-order chi connectivity index (χ1) is 20.1. The second kappa shape index (κ2) is 9.47. The van der Waals surface area contributed by atoms with Crippen molar-refractivity contribution in [1.29, 1.82) is 0 Å². The van der Waals surface area contributed by atoms with Crippen molar-refractivity contribution < 1.29 is 18.9 Å². The molecule has 2 atom stereocenters. The van der Waals surface area contributed by atoms with Crippen molar-refractivity contribution >= 4 is 10.8 Å². The van der Waals surface area contributed by atoms with Gasteiger partial charge in [-0.05, 0) is 93.4 Å². The molecule has 4 nitrogen and oxygen atoms in total. The molecule has 8 rings (SSSR count). The maximum Gasteiger partial charge on any atom is 0.122 e. The number of aryl methyl sites for hydroxylation is 2. The maximum atomic E-state index is 6.15. The monoisotopic (exact) mass is 540 g/mol. The fourth-order valence-corrected chi connectivity index (χ4v) is 6.54. The molecule has 2 saturated heterocycles. The van der Waals surface area contributed by atoms with Gasteiger partial charge in [0.05, 0.1) is 18.6 Å². The summed E-state index contributed by atoms with van der Waals surface area (Å²) in [6.07, 6.45) is 0.440. The van der Waals surface area contributed by atoms with E-state index in [2.05, 4.69) is 111 Å². The predicted octanol–water partition coefficient (Wildman–Crippen LogP) is 7.37. The van der Waals surface area contributed by atoms with Crippen LogP contribution in [0, 0.1) is 13.8 Å².